The lowest BCUT2D eigenvalue weighted by Crippen LogP contribution is -2.38. The van der Waals surface area contributed by atoms with Crippen molar-refractivity contribution in [2.24, 2.45) is 11.8 Å². The lowest BCUT2D eigenvalue weighted by molar-refractivity contribution is -0.135. The van der Waals surface area contributed by atoms with Crippen LogP contribution in [0.4, 0.5) is 10.5 Å². The summed E-state index contributed by atoms with van der Waals surface area (Å²) in [6.07, 6.45) is 11.1. The van der Waals surface area contributed by atoms with Gasteiger partial charge in [-0.15, -0.1) is 0 Å². The van der Waals surface area contributed by atoms with Gasteiger partial charge in [-0.1, -0.05) is 58.1 Å². The minimum absolute atomic E-state index is 0.0425. The molecule has 0 bridgehead atoms. The largest absolute Gasteiger partial charge is 0.380 e. The number of carbonyl (C=O) groups excluding carboxylic acids is 6. The Morgan fingerprint density at radius 1 is 0.840 bits per heavy atom. The molecule has 1 aromatic rings. The Bertz CT molecular complexity index is 1240. The van der Waals surface area contributed by atoms with Crippen molar-refractivity contribution in [1.29, 1.82) is 0 Å². The molecule has 0 radical (unpaired) electrons. The van der Waals surface area contributed by atoms with Gasteiger partial charge in [-0.3, -0.25) is 24.0 Å². The number of hydrogen-bond acceptors (Lipinski definition) is 7. The predicted molar refractivity (Wildman–Crippen MR) is 196 cm³/mol. The summed E-state index contributed by atoms with van der Waals surface area (Å²) in [7, 11) is 4.99. The van der Waals surface area contributed by atoms with Gasteiger partial charge < -0.3 is 24.8 Å². The highest BCUT2D eigenvalue weighted by Gasteiger charge is 2.28. The standard InChI is InChI=1S/C39H62N4O7/c1-6-8-9-15-31(34(44)7-2)16-12-13-23-40-39(49)42(4)24-14-26-50-27-25-41(3)37(47)29-38(48)43(5)32-21-19-30(20-22-32)28-36(46)33-17-10-11-18-35(33)45/h19-22,31,33H,6-18,23-29H2,1-5H3,(H,40,49). The van der Waals surface area contributed by atoms with Crippen LogP contribution in [0.5, 0.6) is 0 Å². The van der Waals surface area contributed by atoms with Crippen LogP contribution in [0, 0.1) is 11.8 Å². The van der Waals surface area contributed by atoms with Gasteiger partial charge in [-0.2, -0.15) is 0 Å². The summed E-state index contributed by atoms with van der Waals surface area (Å²) in [5.74, 6) is -0.667. The minimum Gasteiger partial charge on any atom is -0.380 e. The first kappa shape index (κ1) is 42.6. The van der Waals surface area contributed by atoms with Crippen LogP contribution in [0.2, 0.25) is 0 Å². The van der Waals surface area contributed by atoms with Crippen molar-refractivity contribution in [3.63, 3.8) is 0 Å². The molecule has 0 aromatic heterocycles. The molecule has 2 rings (SSSR count). The van der Waals surface area contributed by atoms with Crippen LogP contribution in [0.15, 0.2) is 24.3 Å². The fourth-order valence-electron chi connectivity index (χ4n) is 6.19. The summed E-state index contributed by atoms with van der Waals surface area (Å²) in [6.45, 7) is 6.30. The second-order valence-corrected chi connectivity index (χ2v) is 13.6. The van der Waals surface area contributed by atoms with Crippen molar-refractivity contribution in [1.82, 2.24) is 15.1 Å². The molecule has 280 valence electrons. The first-order chi connectivity index (χ1) is 24.0. The van der Waals surface area contributed by atoms with Gasteiger partial charge in [0.25, 0.3) is 0 Å². The summed E-state index contributed by atoms with van der Waals surface area (Å²) >= 11 is 0. The van der Waals surface area contributed by atoms with Crippen LogP contribution in [-0.4, -0.2) is 99.0 Å². The Hall–Kier alpha value is -3.60. The summed E-state index contributed by atoms with van der Waals surface area (Å²) in [5, 5.41) is 2.95. The van der Waals surface area contributed by atoms with Crippen LogP contribution in [-0.2, 0) is 35.1 Å². The van der Waals surface area contributed by atoms with E-state index in [4.69, 9.17) is 4.74 Å². The molecule has 0 spiro atoms. The number of anilines is 1. The lowest BCUT2D eigenvalue weighted by atomic mass is 9.83. The van der Waals surface area contributed by atoms with E-state index in [9.17, 15) is 28.8 Å². The Morgan fingerprint density at radius 2 is 1.54 bits per heavy atom. The molecule has 0 saturated heterocycles. The zero-order chi connectivity index (χ0) is 36.9. The Labute approximate surface area is 299 Å². The van der Waals surface area contributed by atoms with Crippen LogP contribution < -0.4 is 10.2 Å². The maximum absolute atomic E-state index is 12.8. The summed E-state index contributed by atoms with van der Waals surface area (Å²) < 4.78 is 5.67. The number of urea groups is 1. The van der Waals surface area contributed by atoms with E-state index in [0.717, 1.165) is 63.4 Å². The normalized spacial score (nSPS) is 14.9. The Morgan fingerprint density at radius 3 is 2.20 bits per heavy atom. The fraction of sp³-hybridized carbons (Fsp3) is 0.692. The molecule has 2 unspecified atom stereocenters. The summed E-state index contributed by atoms with van der Waals surface area (Å²) in [5.41, 5.74) is 1.41. The van der Waals surface area contributed by atoms with Gasteiger partial charge in [0, 0.05) is 78.3 Å². The molecule has 1 aromatic carbocycles. The molecule has 11 heteroatoms. The zero-order valence-electron chi connectivity index (χ0n) is 31.3. The van der Waals surface area contributed by atoms with Gasteiger partial charge in [0.05, 0.1) is 12.5 Å². The molecule has 4 amide bonds. The summed E-state index contributed by atoms with van der Waals surface area (Å²) in [4.78, 5) is 79.4. The first-order valence-electron chi connectivity index (χ1n) is 18.7. The van der Waals surface area contributed by atoms with Gasteiger partial charge in [0.2, 0.25) is 11.8 Å². The van der Waals surface area contributed by atoms with Gasteiger partial charge in [-0.05, 0) is 56.2 Å². The number of likely N-dealkylation sites (N-methyl/N-ethyl adjacent to an activating group) is 1. The van der Waals surface area contributed by atoms with Gasteiger partial charge in [-0.25, -0.2) is 4.79 Å². The average Bonchev–Trinajstić information content (AvgIpc) is 3.11. The van der Waals surface area contributed by atoms with Crippen LogP contribution in [0.25, 0.3) is 0 Å². The number of unbranched alkanes of at least 4 members (excludes halogenated alkanes) is 3. The summed E-state index contributed by atoms with van der Waals surface area (Å²) in [6, 6.07) is 6.93. The van der Waals surface area contributed by atoms with Crippen molar-refractivity contribution < 1.29 is 33.5 Å². The molecule has 1 aliphatic carbocycles. The molecule has 1 saturated carbocycles. The highest BCUT2D eigenvalue weighted by Crippen LogP contribution is 2.24. The molecular weight excluding hydrogens is 636 g/mol. The van der Waals surface area contributed by atoms with E-state index in [1.807, 2.05) is 6.92 Å². The number of nitrogens with one attached hydrogen (secondary N) is 1. The number of carbonyl (C=O) groups is 6. The molecule has 2 atom stereocenters. The SMILES string of the molecule is CCCCCC(CCCCNC(=O)N(C)CCCOCCN(C)C(=O)CC(=O)N(C)c1ccc(CC(=O)C2CCCCC2=O)cc1)C(=O)CC. The van der Waals surface area contributed by atoms with E-state index >= 15 is 0 Å². The van der Waals surface area contributed by atoms with E-state index in [1.54, 1.807) is 50.3 Å². The van der Waals surface area contributed by atoms with Crippen molar-refractivity contribution in [2.45, 2.75) is 110 Å². The topological polar surface area (TPSA) is 133 Å². The van der Waals surface area contributed by atoms with Crippen LogP contribution in [0.3, 0.4) is 0 Å². The number of Topliss-reactive ketones (excluding diaryl/α,β-unsaturated/α-hetero) is 3. The number of ether oxygens (including phenoxy) is 1. The highest BCUT2D eigenvalue weighted by molar-refractivity contribution is 6.05. The quantitative estimate of drug-likeness (QED) is 0.107. The first-order valence-corrected chi connectivity index (χ1v) is 18.7. The average molecular weight is 699 g/mol. The number of hydrogen-bond donors (Lipinski definition) is 1. The van der Waals surface area contributed by atoms with Gasteiger partial charge in [0.15, 0.2) is 0 Å². The number of ketones is 3. The third kappa shape index (κ3) is 15.5. The van der Waals surface area contributed by atoms with Crippen molar-refractivity contribution in [2.75, 3.05) is 58.9 Å². The molecule has 50 heavy (non-hydrogen) atoms. The van der Waals surface area contributed by atoms with Crippen molar-refractivity contribution in [3.05, 3.63) is 29.8 Å². The van der Waals surface area contributed by atoms with Gasteiger partial charge >= 0.3 is 6.03 Å². The van der Waals surface area contributed by atoms with Crippen LogP contribution >= 0.6 is 0 Å². The highest BCUT2D eigenvalue weighted by atomic mass is 16.5. The molecular formula is C39H62N4O7. The number of amides is 4. The minimum atomic E-state index is -0.494. The third-order valence-electron chi connectivity index (χ3n) is 9.66. The third-order valence-corrected chi connectivity index (χ3v) is 9.66. The molecule has 1 aliphatic rings. The van der Waals surface area contributed by atoms with Gasteiger partial charge in [0.1, 0.15) is 23.8 Å². The predicted octanol–water partition coefficient (Wildman–Crippen LogP) is 5.76. The van der Waals surface area contributed by atoms with E-state index in [-0.39, 0.29) is 48.2 Å². The van der Waals surface area contributed by atoms with E-state index < -0.39 is 5.92 Å². The monoisotopic (exact) mass is 698 g/mol. The van der Waals surface area contributed by atoms with Crippen LogP contribution in [0.1, 0.15) is 109 Å². The van der Waals surface area contributed by atoms with E-state index in [1.165, 1.54) is 9.80 Å². The smallest absolute Gasteiger partial charge is 0.317 e. The number of nitrogens with zero attached hydrogens (tertiary/aromatic N) is 3. The Balaban J connectivity index is 1.58. The molecule has 0 heterocycles. The molecule has 1 N–H and O–H groups in total. The van der Waals surface area contributed by atoms with E-state index in [0.29, 0.717) is 70.0 Å². The maximum atomic E-state index is 12.8. The van der Waals surface area contributed by atoms with Crippen molar-refractivity contribution >= 4 is 40.9 Å². The molecule has 1 fully saturated rings. The van der Waals surface area contributed by atoms with E-state index in [2.05, 4.69) is 12.2 Å². The fourth-order valence-corrected chi connectivity index (χ4v) is 6.19. The number of rotatable bonds is 24. The van der Waals surface area contributed by atoms with Crippen molar-refractivity contribution in [3.8, 4) is 0 Å². The maximum Gasteiger partial charge on any atom is 0.317 e. The molecule has 11 nitrogen and oxygen atoms in total. The molecule has 0 aliphatic heterocycles. The number of benzene rings is 1. The Kier molecular flexibility index (Phi) is 20.2. The lowest BCUT2D eigenvalue weighted by Gasteiger charge is -2.21. The zero-order valence-corrected chi connectivity index (χ0v) is 31.3. The second-order valence-electron chi connectivity index (χ2n) is 13.6. The second kappa shape index (κ2) is 23.7.